The van der Waals surface area contributed by atoms with Crippen LogP contribution in [0.25, 0.3) is 10.8 Å². The van der Waals surface area contributed by atoms with E-state index in [9.17, 15) is 4.39 Å². The minimum atomic E-state index is -0.258. The lowest BCUT2D eigenvalue weighted by atomic mass is 10.1. The molecule has 0 nitrogen and oxygen atoms in total. The van der Waals surface area contributed by atoms with Crippen LogP contribution in [0.15, 0.2) is 34.8 Å². The number of hydrogen-bond acceptors (Lipinski definition) is 0. The first-order valence-electron chi connectivity index (χ1n) is 3.72. The molecule has 0 saturated carbocycles. The van der Waals surface area contributed by atoms with Crippen LogP contribution in [0, 0.1) is 5.82 Å². The van der Waals surface area contributed by atoms with Crippen LogP contribution in [0.2, 0.25) is 5.02 Å². The third-order valence-corrected chi connectivity index (χ3v) is 2.88. The molecule has 0 heterocycles. The van der Waals surface area contributed by atoms with Crippen molar-refractivity contribution in [3.05, 3.63) is 45.6 Å². The molecule has 3 heteroatoms. The van der Waals surface area contributed by atoms with Crippen LogP contribution < -0.4 is 0 Å². The van der Waals surface area contributed by atoms with E-state index < -0.39 is 0 Å². The Labute approximate surface area is 88.4 Å². The fraction of sp³-hybridized carbons (Fsp3) is 0. The van der Waals surface area contributed by atoms with Crippen molar-refractivity contribution < 1.29 is 4.39 Å². The molecule has 0 aliphatic heterocycles. The first-order valence-corrected chi connectivity index (χ1v) is 4.89. The second kappa shape index (κ2) is 3.28. The summed E-state index contributed by atoms with van der Waals surface area (Å²) in [6.45, 7) is 0. The lowest BCUT2D eigenvalue weighted by Gasteiger charge is -2.03. The fourth-order valence-electron chi connectivity index (χ4n) is 1.29. The lowest BCUT2D eigenvalue weighted by molar-refractivity contribution is 0.639. The van der Waals surface area contributed by atoms with Gasteiger partial charge in [-0.15, -0.1) is 0 Å². The summed E-state index contributed by atoms with van der Waals surface area (Å²) in [5, 5.41) is 1.84. The van der Waals surface area contributed by atoms with Gasteiger partial charge in [0, 0.05) is 20.3 Å². The maximum absolute atomic E-state index is 13.3. The summed E-state index contributed by atoms with van der Waals surface area (Å²) in [6.07, 6.45) is 0. The molecule has 0 spiro atoms. The van der Waals surface area contributed by atoms with Gasteiger partial charge in [-0.05, 0) is 18.2 Å². The molecule has 0 N–H and O–H groups in total. The van der Waals surface area contributed by atoms with Gasteiger partial charge in [-0.25, -0.2) is 4.39 Å². The van der Waals surface area contributed by atoms with E-state index in [4.69, 9.17) is 11.6 Å². The SMILES string of the molecule is Fc1cccc2c(Cl)ccc(Br)c12. The predicted octanol–water partition coefficient (Wildman–Crippen LogP) is 4.39. The Hall–Kier alpha value is -0.600. The van der Waals surface area contributed by atoms with Gasteiger partial charge in [-0.1, -0.05) is 39.7 Å². The molecule has 0 aliphatic rings. The largest absolute Gasteiger partial charge is 0.206 e. The van der Waals surface area contributed by atoms with E-state index >= 15 is 0 Å². The van der Waals surface area contributed by atoms with Gasteiger partial charge in [0.25, 0.3) is 0 Å². The van der Waals surface area contributed by atoms with Crippen LogP contribution in [0.3, 0.4) is 0 Å². The highest BCUT2D eigenvalue weighted by molar-refractivity contribution is 9.10. The average Bonchev–Trinajstić information content (AvgIpc) is 2.12. The van der Waals surface area contributed by atoms with E-state index in [2.05, 4.69) is 15.9 Å². The van der Waals surface area contributed by atoms with E-state index in [1.165, 1.54) is 6.07 Å². The van der Waals surface area contributed by atoms with Gasteiger partial charge in [0.1, 0.15) is 5.82 Å². The summed E-state index contributed by atoms with van der Waals surface area (Å²) >= 11 is 9.20. The van der Waals surface area contributed by atoms with Crippen molar-refractivity contribution in [2.45, 2.75) is 0 Å². The van der Waals surface area contributed by atoms with Crippen molar-refractivity contribution >= 4 is 38.3 Å². The second-order valence-corrected chi connectivity index (χ2v) is 3.95. The lowest BCUT2D eigenvalue weighted by Crippen LogP contribution is -1.81. The summed E-state index contributed by atoms with van der Waals surface area (Å²) in [7, 11) is 0. The predicted molar refractivity (Wildman–Crippen MR) is 56.6 cm³/mol. The molecule has 0 unspecified atom stereocenters. The first kappa shape index (κ1) is 8.97. The smallest absolute Gasteiger partial charge is 0.132 e. The number of fused-ring (bicyclic) bond motifs is 1. The van der Waals surface area contributed by atoms with E-state index in [0.717, 1.165) is 9.86 Å². The minimum Gasteiger partial charge on any atom is -0.206 e. The normalized spacial score (nSPS) is 10.7. The zero-order valence-electron chi connectivity index (χ0n) is 6.52. The summed E-state index contributed by atoms with van der Waals surface area (Å²) < 4.78 is 14.1. The molecule has 0 bridgehead atoms. The molecule has 0 fully saturated rings. The maximum atomic E-state index is 13.3. The highest BCUT2D eigenvalue weighted by Crippen LogP contribution is 2.31. The zero-order valence-corrected chi connectivity index (χ0v) is 8.86. The van der Waals surface area contributed by atoms with Crippen LogP contribution in [0.1, 0.15) is 0 Å². The molecule has 0 atom stereocenters. The first-order chi connectivity index (χ1) is 6.20. The van der Waals surface area contributed by atoms with Gasteiger partial charge in [-0.3, -0.25) is 0 Å². The number of hydrogen-bond donors (Lipinski definition) is 0. The summed E-state index contributed by atoms with van der Waals surface area (Å²) in [5.41, 5.74) is 0. The van der Waals surface area contributed by atoms with Crippen LogP contribution in [-0.4, -0.2) is 0 Å². The van der Waals surface area contributed by atoms with Crippen molar-refractivity contribution in [3.63, 3.8) is 0 Å². The van der Waals surface area contributed by atoms with Gasteiger partial charge in [-0.2, -0.15) is 0 Å². The molecule has 2 aromatic carbocycles. The van der Waals surface area contributed by atoms with Gasteiger partial charge >= 0.3 is 0 Å². The summed E-state index contributed by atoms with van der Waals surface area (Å²) in [4.78, 5) is 0. The number of benzene rings is 2. The Morgan fingerprint density at radius 1 is 1.15 bits per heavy atom. The van der Waals surface area contributed by atoms with Crippen LogP contribution in [-0.2, 0) is 0 Å². The van der Waals surface area contributed by atoms with Crippen LogP contribution in [0.4, 0.5) is 4.39 Å². The molecular weight excluding hydrogens is 254 g/mol. The molecule has 13 heavy (non-hydrogen) atoms. The zero-order chi connectivity index (χ0) is 9.42. The summed E-state index contributed by atoms with van der Waals surface area (Å²) in [6, 6.07) is 8.35. The Morgan fingerprint density at radius 2 is 1.92 bits per heavy atom. The molecule has 0 amide bonds. The fourth-order valence-corrected chi connectivity index (χ4v) is 2.04. The monoisotopic (exact) mass is 258 g/mol. The molecule has 2 rings (SSSR count). The van der Waals surface area contributed by atoms with Crippen molar-refractivity contribution in [1.29, 1.82) is 0 Å². The van der Waals surface area contributed by atoms with Crippen LogP contribution in [0.5, 0.6) is 0 Å². The quantitative estimate of drug-likeness (QED) is 0.658. The van der Waals surface area contributed by atoms with Crippen LogP contribution >= 0.6 is 27.5 Å². The van der Waals surface area contributed by atoms with Crippen molar-refractivity contribution in [2.75, 3.05) is 0 Å². The second-order valence-electron chi connectivity index (χ2n) is 2.69. The molecule has 0 saturated heterocycles. The third kappa shape index (κ3) is 1.45. The van der Waals surface area contributed by atoms with Gasteiger partial charge < -0.3 is 0 Å². The van der Waals surface area contributed by atoms with E-state index in [1.807, 2.05) is 0 Å². The average molecular weight is 260 g/mol. The highest BCUT2D eigenvalue weighted by atomic mass is 79.9. The van der Waals surface area contributed by atoms with E-state index in [-0.39, 0.29) is 5.82 Å². The topological polar surface area (TPSA) is 0 Å². The van der Waals surface area contributed by atoms with E-state index in [0.29, 0.717) is 10.4 Å². The number of halogens is 3. The van der Waals surface area contributed by atoms with Gasteiger partial charge in [0.05, 0.1) is 0 Å². The molecule has 0 radical (unpaired) electrons. The molecule has 66 valence electrons. The number of rotatable bonds is 0. The maximum Gasteiger partial charge on any atom is 0.132 e. The highest BCUT2D eigenvalue weighted by Gasteiger charge is 2.06. The van der Waals surface area contributed by atoms with Crippen molar-refractivity contribution in [3.8, 4) is 0 Å². The minimum absolute atomic E-state index is 0.258. The van der Waals surface area contributed by atoms with Crippen molar-refractivity contribution in [1.82, 2.24) is 0 Å². The Kier molecular flexibility index (Phi) is 2.26. The Balaban J connectivity index is 3.00. The Morgan fingerprint density at radius 3 is 2.62 bits per heavy atom. The van der Waals surface area contributed by atoms with Gasteiger partial charge in [0.2, 0.25) is 0 Å². The summed E-state index contributed by atoms with van der Waals surface area (Å²) in [5.74, 6) is -0.258. The van der Waals surface area contributed by atoms with Gasteiger partial charge in [0.15, 0.2) is 0 Å². The molecule has 0 aliphatic carbocycles. The molecule has 0 aromatic heterocycles. The Bertz CT molecular complexity index is 459. The molecule has 2 aromatic rings. The van der Waals surface area contributed by atoms with E-state index in [1.54, 1.807) is 24.3 Å². The third-order valence-electron chi connectivity index (χ3n) is 1.89. The molecular formula is C10H5BrClF. The standard InChI is InChI=1S/C10H5BrClF/c11-7-4-5-8(12)6-2-1-3-9(13)10(6)7/h1-5H. The van der Waals surface area contributed by atoms with Crippen molar-refractivity contribution in [2.24, 2.45) is 0 Å².